The lowest BCUT2D eigenvalue weighted by molar-refractivity contribution is -0.131. The molecule has 0 radical (unpaired) electrons. The third-order valence-corrected chi connectivity index (χ3v) is 3.61. The highest BCUT2D eigenvalue weighted by molar-refractivity contribution is 7.98. The Morgan fingerprint density at radius 2 is 2.40 bits per heavy atom. The number of likely N-dealkylation sites (N-methyl/N-ethyl adjacent to an activating group) is 1. The Bertz CT molecular complexity index is 211. The van der Waals surface area contributed by atoms with Crippen molar-refractivity contribution >= 4 is 17.7 Å². The molecule has 1 aliphatic heterocycles. The number of carbonyl (C=O) groups excluding carboxylic acids is 1. The molecule has 88 valence electrons. The van der Waals surface area contributed by atoms with Gasteiger partial charge in [0.25, 0.3) is 0 Å². The number of rotatable bonds is 6. The summed E-state index contributed by atoms with van der Waals surface area (Å²) in [6, 6.07) is 0.473. The highest BCUT2D eigenvalue weighted by atomic mass is 32.2. The number of amides is 1. The van der Waals surface area contributed by atoms with E-state index < -0.39 is 0 Å². The Balaban J connectivity index is 2.40. The van der Waals surface area contributed by atoms with E-state index in [1.807, 2.05) is 23.6 Å². The number of likely N-dealkylation sites (tertiary alicyclic amines) is 1. The van der Waals surface area contributed by atoms with Crippen LogP contribution in [0, 0.1) is 0 Å². The van der Waals surface area contributed by atoms with Crippen LogP contribution in [0.2, 0.25) is 0 Å². The summed E-state index contributed by atoms with van der Waals surface area (Å²) in [5.41, 5.74) is 0. The maximum Gasteiger partial charge on any atom is 0.240 e. The van der Waals surface area contributed by atoms with Crippen molar-refractivity contribution in [2.24, 2.45) is 0 Å². The van der Waals surface area contributed by atoms with E-state index in [-0.39, 0.29) is 6.04 Å². The number of hydrogen-bond acceptors (Lipinski definition) is 3. The van der Waals surface area contributed by atoms with Gasteiger partial charge in [0.05, 0.1) is 6.04 Å². The predicted molar refractivity (Wildman–Crippen MR) is 66.3 cm³/mol. The van der Waals surface area contributed by atoms with Gasteiger partial charge in [0, 0.05) is 12.6 Å². The second-order valence-corrected chi connectivity index (χ2v) is 5.05. The molecule has 1 aliphatic rings. The van der Waals surface area contributed by atoms with Crippen molar-refractivity contribution in [2.45, 2.75) is 38.8 Å². The monoisotopic (exact) mass is 230 g/mol. The average molecular weight is 230 g/mol. The van der Waals surface area contributed by atoms with E-state index in [1.54, 1.807) is 0 Å². The van der Waals surface area contributed by atoms with Crippen molar-refractivity contribution in [3.63, 3.8) is 0 Å². The smallest absolute Gasteiger partial charge is 0.240 e. The Hall–Kier alpha value is -0.220. The van der Waals surface area contributed by atoms with Gasteiger partial charge >= 0.3 is 0 Å². The summed E-state index contributed by atoms with van der Waals surface area (Å²) in [5, 5.41) is 3.24. The molecule has 2 unspecified atom stereocenters. The highest BCUT2D eigenvalue weighted by Crippen LogP contribution is 2.17. The molecule has 3 nitrogen and oxygen atoms in total. The van der Waals surface area contributed by atoms with E-state index in [2.05, 4.69) is 18.5 Å². The van der Waals surface area contributed by atoms with Crippen LogP contribution in [0.15, 0.2) is 0 Å². The van der Waals surface area contributed by atoms with Gasteiger partial charge in [-0.05, 0) is 38.3 Å². The third kappa shape index (κ3) is 3.38. The summed E-state index contributed by atoms with van der Waals surface area (Å²) < 4.78 is 0. The molecule has 1 fully saturated rings. The summed E-state index contributed by atoms with van der Waals surface area (Å²) >= 11 is 1.85. The highest BCUT2D eigenvalue weighted by Gasteiger charge is 2.33. The predicted octanol–water partition coefficient (Wildman–Crippen LogP) is 1.34. The maximum atomic E-state index is 12.0. The molecule has 0 aromatic carbocycles. The molecule has 0 bridgehead atoms. The second kappa shape index (κ2) is 6.38. The Labute approximate surface area is 97.0 Å². The number of nitrogens with one attached hydrogen (secondary N) is 1. The van der Waals surface area contributed by atoms with Crippen LogP contribution in [0.25, 0.3) is 0 Å². The first-order valence-corrected chi connectivity index (χ1v) is 7.12. The van der Waals surface area contributed by atoms with Crippen molar-refractivity contribution in [2.75, 3.05) is 25.1 Å². The van der Waals surface area contributed by atoms with Gasteiger partial charge in [-0.3, -0.25) is 4.79 Å². The Kier molecular flexibility index (Phi) is 5.47. The molecule has 0 spiro atoms. The van der Waals surface area contributed by atoms with Crippen molar-refractivity contribution in [1.29, 1.82) is 0 Å². The minimum Gasteiger partial charge on any atom is -0.339 e. The summed E-state index contributed by atoms with van der Waals surface area (Å²) in [5.74, 6) is 1.43. The van der Waals surface area contributed by atoms with Crippen molar-refractivity contribution in [1.82, 2.24) is 10.2 Å². The number of nitrogens with zero attached hydrogens (tertiary/aromatic N) is 1. The molecule has 0 aromatic rings. The fraction of sp³-hybridized carbons (Fsp3) is 0.909. The normalized spacial score (nSPS) is 23.5. The average Bonchev–Trinajstić information content (AvgIpc) is 2.58. The van der Waals surface area contributed by atoms with Crippen molar-refractivity contribution in [3.05, 3.63) is 0 Å². The number of hydrogen-bond donors (Lipinski definition) is 1. The van der Waals surface area contributed by atoms with Crippen LogP contribution in [0.5, 0.6) is 0 Å². The molecule has 1 heterocycles. The second-order valence-electron chi connectivity index (χ2n) is 4.06. The van der Waals surface area contributed by atoms with E-state index in [0.717, 1.165) is 31.7 Å². The topological polar surface area (TPSA) is 32.3 Å². The van der Waals surface area contributed by atoms with E-state index in [4.69, 9.17) is 0 Å². The molecule has 0 aromatic heterocycles. The molecule has 0 aliphatic carbocycles. The van der Waals surface area contributed by atoms with Crippen LogP contribution >= 0.6 is 11.8 Å². The van der Waals surface area contributed by atoms with Gasteiger partial charge in [0.1, 0.15) is 0 Å². The van der Waals surface area contributed by atoms with Crippen LogP contribution in [0.4, 0.5) is 0 Å². The van der Waals surface area contributed by atoms with E-state index in [0.29, 0.717) is 11.9 Å². The molecular weight excluding hydrogens is 208 g/mol. The van der Waals surface area contributed by atoms with Crippen LogP contribution in [0.3, 0.4) is 0 Å². The van der Waals surface area contributed by atoms with Gasteiger partial charge in [-0.1, -0.05) is 6.92 Å². The van der Waals surface area contributed by atoms with E-state index in [1.165, 1.54) is 0 Å². The Morgan fingerprint density at radius 3 is 3.00 bits per heavy atom. The molecule has 15 heavy (non-hydrogen) atoms. The minimum atomic E-state index is 0.0757. The van der Waals surface area contributed by atoms with Gasteiger partial charge in [-0.15, -0.1) is 0 Å². The minimum absolute atomic E-state index is 0.0757. The lowest BCUT2D eigenvalue weighted by Gasteiger charge is -2.24. The van der Waals surface area contributed by atoms with Gasteiger partial charge in [-0.25, -0.2) is 0 Å². The molecule has 1 saturated heterocycles. The largest absolute Gasteiger partial charge is 0.339 e. The Morgan fingerprint density at radius 1 is 1.67 bits per heavy atom. The molecule has 2 atom stereocenters. The molecule has 0 saturated carbocycles. The van der Waals surface area contributed by atoms with Gasteiger partial charge in [0.2, 0.25) is 5.91 Å². The zero-order valence-electron chi connectivity index (χ0n) is 9.95. The first kappa shape index (κ1) is 12.8. The fourth-order valence-corrected chi connectivity index (χ4v) is 2.60. The summed E-state index contributed by atoms with van der Waals surface area (Å²) in [6.07, 6.45) is 4.18. The van der Waals surface area contributed by atoms with E-state index >= 15 is 0 Å². The zero-order chi connectivity index (χ0) is 11.3. The van der Waals surface area contributed by atoms with Gasteiger partial charge in [-0.2, -0.15) is 11.8 Å². The maximum absolute atomic E-state index is 12.0. The quantitative estimate of drug-likeness (QED) is 0.747. The number of thioether (sulfide) groups is 1. The van der Waals surface area contributed by atoms with Crippen LogP contribution in [-0.4, -0.2) is 48.0 Å². The van der Waals surface area contributed by atoms with Crippen molar-refractivity contribution < 1.29 is 4.79 Å². The summed E-state index contributed by atoms with van der Waals surface area (Å²) in [4.78, 5) is 14.0. The lowest BCUT2D eigenvalue weighted by atomic mass is 10.2. The molecular formula is C11H22N2OS. The lowest BCUT2D eigenvalue weighted by Crippen LogP contribution is -2.41. The van der Waals surface area contributed by atoms with Crippen LogP contribution in [0.1, 0.15) is 26.7 Å². The molecule has 1 N–H and O–H groups in total. The van der Waals surface area contributed by atoms with Gasteiger partial charge < -0.3 is 10.2 Å². The summed E-state index contributed by atoms with van der Waals surface area (Å²) in [7, 11) is 0. The number of carbonyl (C=O) groups is 1. The van der Waals surface area contributed by atoms with Crippen LogP contribution < -0.4 is 5.32 Å². The van der Waals surface area contributed by atoms with Crippen molar-refractivity contribution in [3.8, 4) is 0 Å². The third-order valence-electron chi connectivity index (χ3n) is 2.96. The first-order valence-electron chi connectivity index (χ1n) is 5.73. The standard InChI is InChI=1S/C11H22N2OS/c1-4-12-10-5-7-13(11(10)14)9(2)6-8-15-3/h9-10,12H,4-8H2,1-3H3. The SMILES string of the molecule is CCNC1CCN(C(C)CCSC)C1=O. The molecule has 1 rings (SSSR count). The molecule has 1 amide bonds. The fourth-order valence-electron chi connectivity index (χ4n) is 2.02. The van der Waals surface area contributed by atoms with E-state index in [9.17, 15) is 4.79 Å². The first-order chi connectivity index (χ1) is 7.20. The van der Waals surface area contributed by atoms with Gasteiger partial charge in [0.15, 0.2) is 0 Å². The zero-order valence-corrected chi connectivity index (χ0v) is 10.8. The molecule has 4 heteroatoms. The van der Waals surface area contributed by atoms with Crippen LogP contribution in [-0.2, 0) is 4.79 Å². The summed E-state index contributed by atoms with van der Waals surface area (Å²) in [6.45, 7) is 6.00.